The fourth-order valence-electron chi connectivity index (χ4n) is 3.50. The van der Waals surface area contributed by atoms with Crippen LogP contribution in [0.5, 0.6) is 0 Å². The van der Waals surface area contributed by atoms with Crippen LogP contribution in [0.15, 0.2) is 12.4 Å². The van der Waals surface area contributed by atoms with Crippen molar-refractivity contribution in [1.82, 2.24) is 19.6 Å². The van der Waals surface area contributed by atoms with Gasteiger partial charge in [0.2, 0.25) is 0 Å². The molecule has 20 heavy (non-hydrogen) atoms. The second kappa shape index (κ2) is 6.70. The summed E-state index contributed by atoms with van der Waals surface area (Å²) in [4.78, 5) is 5.09. The first-order valence-corrected chi connectivity index (χ1v) is 7.79. The fourth-order valence-corrected chi connectivity index (χ4v) is 3.50. The van der Waals surface area contributed by atoms with E-state index < -0.39 is 0 Å². The monoisotopic (exact) mass is 279 g/mol. The number of hydrogen-bond acceptors (Lipinski definition) is 4. The van der Waals surface area contributed by atoms with E-state index in [2.05, 4.69) is 41.9 Å². The van der Waals surface area contributed by atoms with Gasteiger partial charge < -0.3 is 5.73 Å². The Morgan fingerprint density at radius 2 is 2.15 bits per heavy atom. The predicted octanol–water partition coefficient (Wildman–Crippen LogP) is 1.22. The number of likely N-dealkylation sites (tertiary alicyclic amines) is 1. The van der Waals surface area contributed by atoms with Gasteiger partial charge in [-0.25, -0.2) is 0 Å². The first kappa shape index (κ1) is 15.5. The van der Waals surface area contributed by atoms with Gasteiger partial charge in [0, 0.05) is 44.0 Å². The summed E-state index contributed by atoms with van der Waals surface area (Å²) in [7, 11) is 1.96. The molecule has 2 N–H and O–H groups in total. The standard InChI is InChI=1S/C15H29N5/c1-5-19(6-2)14-7-8-20(11-14)15(12(3)16)13-9-17-18(4)10-13/h9-10,12,14-15H,5-8,11,16H2,1-4H3. The van der Waals surface area contributed by atoms with Gasteiger partial charge in [-0.15, -0.1) is 0 Å². The van der Waals surface area contributed by atoms with Crippen LogP contribution in [0.1, 0.15) is 38.8 Å². The Labute approximate surface area is 122 Å². The smallest absolute Gasteiger partial charge is 0.0538 e. The molecule has 1 aromatic rings. The highest BCUT2D eigenvalue weighted by Crippen LogP contribution is 2.28. The molecule has 0 radical (unpaired) electrons. The third-order valence-corrected chi connectivity index (χ3v) is 4.48. The van der Waals surface area contributed by atoms with Crippen molar-refractivity contribution >= 4 is 0 Å². The van der Waals surface area contributed by atoms with E-state index >= 15 is 0 Å². The van der Waals surface area contributed by atoms with Crippen molar-refractivity contribution in [3.63, 3.8) is 0 Å². The first-order chi connectivity index (χ1) is 9.56. The van der Waals surface area contributed by atoms with Crippen LogP contribution < -0.4 is 5.73 Å². The molecule has 0 amide bonds. The lowest BCUT2D eigenvalue weighted by atomic mass is 10.0. The van der Waals surface area contributed by atoms with Crippen molar-refractivity contribution in [1.29, 1.82) is 0 Å². The summed E-state index contributed by atoms with van der Waals surface area (Å²) in [6.45, 7) is 11.1. The molecule has 3 unspecified atom stereocenters. The minimum Gasteiger partial charge on any atom is -0.326 e. The molecule has 2 heterocycles. The summed E-state index contributed by atoms with van der Waals surface area (Å²) in [5.74, 6) is 0. The Morgan fingerprint density at radius 1 is 1.45 bits per heavy atom. The van der Waals surface area contributed by atoms with Crippen LogP contribution in [0.4, 0.5) is 0 Å². The molecule has 0 aromatic carbocycles. The molecular weight excluding hydrogens is 250 g/mol. The molecule has 0 aliphatic carbocycles. The van der Waals surface area contributed by atoms with E-state index in [1.807, 2.05) is 17.9 Å². The lowest BCUT2D eigenvalue weighted by Gasteiger charge is -2.32. The number of likely N-dealkylation sites (N-methyl/N-ethyl adjacent to an activating group) is 1. The molecule has 1 aromatic heterocycles. The minimum atomic E-state index is 0.120. The molecule has 3 atom stereocenters. The normalized spacial score (nSPS) is 23.4. The van der Waals surface area contributed by atoms with E-state index in [0.717, 1.165) is 26.2 Å². The first-order valence-electron chi connectivity index (χ1n) is 7.79. The topological polar surface area (TPSA) is 50.3 Å². The zero-order valence-corrected chi connectivity index (χ0v) is 13.3. The lowest BCUT2D eigenvalue weighted by molar-refractivity contribution is 0.176. The van der Waals surface area contributed by atoms with E-state index in [4.69, 9.17) is 5.73 Å². The second-order valence-corrected chi connectivity index (χ2v) is 5.91. The lowest BCUT2D eigenvalue weighted by Crippen LogP contribution is -2.41. The van der Waals surface area contributed by atoms with Crippen LogP contribution in [0.2, 0.25) is 0 Å². The van der Waals surface area contributed by atoms with Gasteiger partial charge in [0.05, 0.1) is 12.2 Å². The summed E-state index contributed by atoms with van der Waals surface area (Å²) in [6.07, 6.45) is 5.29. The van der Waals surface area contributed by atoms with Crippen molar-refractivity contribution in [3.8, 4) is 0 Å². The van der Waals surface area contributed by atoms with Gasteiger partial charge >= 0.3 is 0 Å². The fraction of sp³-hybridized carbons (Fsp3) is 0.800. The zero-order chi connectivity index (χ0) is 14.7. The van der Waals surface area contributed by atoms with Gasteiger partial charge in [0.25, 0.3) is 0 Å². The Bertz CT molecular complexity index is 410. The quantitative estimate of drug-likeness (QED) is 0.851. The maximum Gasteiger partial charge on any atom is 0.0538 e. The molecule has 1 saturated heterocycles. The summed E-state index contributed by atoms with van der Waals surface area (Å²) in [5.41, 5.74) is 7.49. The average molecular weight is 279 g/mol. The minimum absolute atomic E-state index is 0.120. The molecule has 0 saturated carbocycles. The van der Waals surface area contributed by atoms with Gasteiger partial charge in [0.15, 0.2) is 0 Å². The van der Waals surface area contributed by atoms with Crippen LogP contribution in [-0.2, 0) is 7.05 Å². The van der Waals surface area contributed by atoms with Gasteiger partial charge in [-0.1, -0.05) is 13.8 Å². The van der Waals surface area contributed by atoms with Crippen molar-refractivity contribution in [3.05, 3.63) is 18.0 Å². The van der Waals surface area contributed by atoms with E-state index in [9.17, 15) is 0 Å². The maximum absolute atomic E-state index is 6.25. The van der Waals surface area contributed by atoms with Crippen LogP contribution in [-0.4, -0.2) is 57.8 Å². The summed E-state index contributed by atoms with van der Waals surface area (Å²) >= 11 is 0. The molecule has 5 nitrogen and oxygen atoms in total. The maximum atomic E-state index is 6.25. The van der Waals surface area contributed by atoms with Crippen molar-refractivity contribution in [2.24, 2.45) is 12.8 Å². The highest BCUT2D eigenvalue weighted by molar-refractivity contribution is 5.14. The molecule has 2 rings (SSSR count). The highest BCUT2D eigenvalue weighted by Gasteiger charge is 2.33. The number of aryl methyl sites for hydroxylation is 1. The van der Waals surface area contributed by atoms with Crippen LogP contribution in [0.25, 0.3) is 0 Å². The third-order valence-electron chi connectivity index (χ3n) is 4.48. The van der Waals surface area contributed by atoms with Crippen LogP contribution in [0.3, 0.4) is 0 Å². The van der Waals surface area contributed by atoms with Gasteiger partial charge in [-0.05, 0) is 26.4 Å². The largest absolute Gasteiger partial charge is 0.326 e. The van der Waals surface area contributed by atoms with E-state index in [1.54, 1.807) is 0 Å². The van der Waals surface area contributed by atoms with Crippen LogP contribution in [0, 0.1) is 0 Å². The summed E-state index contributed by atoms with van der Waals surface area (Å²) < 4.78 is 1.86. The summed E-state index contributed by atoms with van der Waals surface area (Å²) in [5, 5.41) is 4.30. The predicted molar refractivity (Wildman–Crippen MR) is 82.5 cm³/mol. The van der Waals surface area contributed by atoms with Crippen molar-refractivity contribution in [2.45, 2.75) is 45.3 Å². The second-order valence-electron chi connectivity index (χ2n) is 5.91. The molecule has 5 heteroatoms. The van der Waals surface area contributed by atoms with Crippen molar-refractivity contribution < 1.29 is 0 Å². The van der Waals surface area contributed by atoms with Gasteiger partial charge in [-0.3, -0.25) is 14.5 Å². The number of aromatic nitrogens is 2. The summed E-state index contributed by atoms with van der Waals surface area (Å²) in [6, 6.07) is 1.07. The average Bonchev–Trinajstić information content (AvgIpc) is 3.02. The van der Waals surface area contributed by atoms with Crippen molar-refractivity contribution in [2.75, 3.05) is 26.2 Å². The van der Waals surface area contributed by atoms with E-state index in [1.165, 1.54) is 12.0 Å². The number of hydrogen-bond donors (Lipinski definition) is 1. The number of rotatable bonds is 6. The molecule has 1 aliphatic rings. The highest BCUT2D eigenvalue weighted by atomic mass is 15.3. The Kier molecular flexibility index (Phi) is 5.18. The van der Waals surface area contributed by atoms with Crippen LogP contribution >= 0.6 is 0 Å². The SMILES string of the molecule is CCN(CC)C1CCN(C(c2cnn(C)c2)C(C)N)C1. The number of nitrogens with zero attached hydrogens (tertiary/aromatic N) is 4. The van der Waals surface area contributed by atoms with E-state index in [0.29, 0.717) is 6.04 Å². The molecular formula is C15H29N5. The Balaban J connectivity index is 2.09. The van der Waals surface area contributed by atoms with Gasteiger partial charge in [-0.2, -0.15) is 5.10 Å². The number of nitrogens with two attached hydrogens (primary N) is 1. The molecule has 1 aliphatic heterocycles. The van der Waals surface area contributed by atoms with Gasteiger partial charge in [0.1, 0.15) is 0 Å². The molecule has 1 fully saturated rings. The molecule has 0 spiro atoms. The van der Waals surface area contributed by atoms with E-state index in [-0.39, 0.29) is 12.1 Å². The molecule has 114 valence electrons. The zero-order valence-electron chi connectivity index (χ0n) is 13.3. The molecule has 0 bridgehead atoms. The Morgan fingerprint density at radius 3 is 2.65 bits per heavy atom. The Hall–Kier alpha value is -0.910. The third kappa shape index (κ3) is 3.22.